The second kappa shape index (κ2) is 5.74. The predicted molar refractivity (Wildman–Crippen MR) is 59.6 cm³/mol. The van der Waals surface area contributed by atoms with Crippen LogP contribution >= 0.6 is 0 Å². The van der Waals surface area contributed by atoms with Crippen molar-refractivity contribution in [2.24, 2.45) is 0 Å². The van der Waals surface area contributed by atoms with E-state index in [1.54, 1.807) is 6.26 Å². The van der Waals surface area contributed by atoms with Crippen molar-refractivity contribution in [1.82, 2.24) is 0 Å². The fraction of sp³-hybridized carbons (Fsp3) is 0.538. The summed E-state index contributed by atoms with van der Waals surface area (Å²) in [6.45, 7) is 0.769. The van der Waals surface area contributed by atoms with Crippen LogP contribution in [-0.4, -0.2) is 12.9 Å². The molecule has 0 aromatic carbocycles. The normalized spacial score (nSPS) is 22.6. The Balaban J connectivity index is 1.95. The van der Waals surface area contributed by atoms with Crippen LogP contribution in [0.1, 0.15) is 37.5 Å². The molecular formula is C13H16O3. The summed E-state index contributed by atoms with van der Waals surface area (Å²) in [5.74, 6) is 3.38. The van der Waals surface area contributed by atoms with Crippen molar-refractivity contribution in [3.63, 3.8) is 0 Å². The number of rotatable bonds is 4. The Hall–Kier alpha value is -1.24. The second-order valence-corrected chi connectivity index (χ2v) is 3.84. The van der Waals surface area contributed by atoms with Gasteiger partial charge < -0.3 is 13.9 Å². The molecule has 16 heavy (non-hydrogen) atoms. The van der Waals surface area contributed by atoms with E-state index in [-0.39, 0.29) is 12.4 Å². The maximum atomic E-state index is 5.82. The zero-order valence-electron chi connectivity index (χ0n) is 9.22. The molecule has 0 spiro atoms. The molecule has 0 saturated carbocycles. The molecule has 0 amide bonds. The highest BCUT2D eigenvalue weighted by atomic mass is 16.7. The van der Waals surface area contributed by atoms with Crippen LogP contribution in [0.15, 0.2) is 22.8 Å². The monoisotopic (exact) mass is 220 g/mol. The van der Waals surface area contributed by atoms with E-state index in [2.05, 4.69) is 5.92 Å². The molecule has 1 saturated heterocycles. The molecule has 1 aliphatic rings. The van der Waals surface area contributed by atoms with Crippen LogP contribution in [0.5, 0.6) is 0 Å². The molecule has 2 unspecified atom stereocenters. The summed E-state index contributed by atoms with van der Waals surface area (Å²) in [4.78, 5) is 0. The smallest absolute Gasteiger partial charge is 0.158 e. The molecule has 86 valence electrons. The molecule has 1 fully saturated rings. The average molecular weight is 220 g/mol. The molecule has 3 nitrogen and oxygen atoms in total. The molecule has 2 heterocycles. The highest BCUT2D eigenvalue weighted by molar-refractivity contribution is 5.05. The SMILES string of the molecule is C#CCC(OC1CCCCO1)c1ccco1. The highest BCUT2D eigenvalue weighted by Crippen LogP contribution is 2.26. The van der Waals surface area contributed by atoms with E-state index in [0.717, 1.165) is 31.6 Å². The Morgan fingerprint density at radius 3 is 3.12 bits per heavy atom. The molecule has 1 aromatic rings. The van der Waals surface area contributed by atoms with E-state index in [1.807, 2.05) is 12.1 Å². The van der Waals surface area contributed by atoms with Crippen molar-refractivity contribution < 1.29 is 13.9 Å². The Bertz CT molecular complexity index is 331. The minimum Gasteiger partial charge on any atom is -0.467 e. The average Bonchev–Trinajstić information content (AvgIpc) is 2.83. The van der Waals surface area contributed by atoms with Gasteiger partial charge in [-0.25, -0.2) is 0 Å². The summed E-state index contributed by atoms with van der Waals surface area (Å²) in [6.07, 6.45) is 10.3. The zero-order valence-corrected chi connectivity index (χ0v) is 9.22. The lowest BCUT2D eigenvalue weighted by molar-refractivity contribution is -0.192. The van der Waals surface area contributed by atoms with E-state index in [0.29, 0.717) is 6.42 Å². The van der Waals surface area contributed by atoms with Gasteiger partial charge in [0.15, 0.2) is 6.29 Å². The Morgan fingerprint density at radius 1 is 1.56 bits per heavy atom. The highest BCUT2D eigenvalue weighted by Gasteiger charge is 2.22. The van der Waals surface area contributed by atoms with Crippen molar-refractivity contribution in [3.05, 3.63) is 24.2 Å². The van der Waals surface area contributed by atoms with Gasteiger partial charge in [0, 0.05) is 13.0 Å². The lowest BCUT2D eigenvalue weighted by Gasteiger charge is -2.26. The number of hydrogen-bond acceptors (Lipinski definition) is 3. The third kappa shape index (κ3) is 2.88. The number of terminal acetylenes is 1. The first kappa shape index (κ1) is 11.3. The Labute approximate surface area is 95.7 Å². The topological polar surface area (TPSA) is 31.6 Å². The third-order valence-corrected chi connectivity index (χ3v) is 2.62. The van der Waals surface area contributed by atoms with Crippen molar-refractivity contribution in [3.8, 4) is 12.3 Å². The van der Waals surface area contributed by atoms with Crippen LogP contribution in [0.2, 0.25) is 0 Å². The van der Waals surface area contributed by atoms with Crippen molar-refractivity contribution in [2.45, 2.75) is 38.1 Å². The molecule has 2 rings (SSSR count). The fourth-order valence-corrected chi connectivity index (χ4v) is 1.80. The van der Waals surface area contributed by atoms with Crippen LogP contribution < -0.4 is 0 Å². The van der Waals surface area contributed by atoms with Crippen molar-refractivity contribution >= 4 is 0 Å². The summed E-state index contributed by atoms with van der Waals surface area (Å²) in [6, 6.07) is 3.72. The molecule has 1 aliphatic heterocycles. The van der Waals surface area contributed by atoms with Crippen molar-refractivity contribution in [1.29, 1.82) is 0 Å². The molecule has 1 aromatic heterocycles. The summed E-state index contributed by atoms with van der Waals surface area (Å²) < 4.78 is 16.7. The zero-order chi connectivity index (χ0) is 11.2. The fourth-order valence-electron chi connectivity index (χ4n) is 1.80. The van der Waals surface area contributed by atoms with Gasteiger partial charge in [0.05, 0.1) is 6.26 Å². The quantitative estimate of drug-likeness (QED) is 0.731. The van der Waals surface area contributed by atoms with Gasteiger partial charge in [-0.1, -0.05) is 0 Å². The first-order valence-electron chi connectivity index (χ1n) is 5.64. The van der Waals surface area contributed by atoms with Gasteiger partial charge >= 0.3 is 0 Å². The number of furan rings is 1. The van der Waals surface area contributed by atoms with Gasteiger partial charge in [-0.3, -0.25) is 0 Å². The van der Waals surface area contributed by atoms with E-state index < -0.39 is 0 Å². The van der Waals surface area contributed by atoms with Gasteiger partial charge in [-0.2, -0.15) is 0 Å². The van der Waals surface area contributed by atoms with Crippen LogP contribution in [0.4, 0.5) is 0 Å². The summed E-state index contributed by atoms with van der Waals surface area (Å²) >= 11 is 0. The molecule has 0 bridgehead atoms. The summed E-state index contributed by atoms with van der Waals surface area (Å²) in [7, 11) is 0. The lowest BCUT2D eigenvalue weighted by atomic mass is 10.2. The van der Waals surface area contributed by atoms with Crippen LogP contribution in [0.25, 0.3) is 0 Å². The van der Waals surface area contributed by atoms with Gasteiger partial charge in [-0.05, 0) is 31.4 Å². The first-order valence-corrected chi connectivity index (χ1v) is 5.64. The van der Waals surface area contributed by atoms with Crippen molar-refractivity contribution in [2.75, 3.05) is 6.61 Å². The van der Waals surface area contributed by atoms with E-state index in [9.17, 15) is 0 Å². The van der Waals surface area contributed by atoms with Gasteiger partial charge in [0.1, 0.15) is 11.9 Å². The van der Waals surface area contributed by atoms with E-state index in [1.165, 1.54) is 0 Å². The number of hydrogen-bond donors (Lipinski definition) is 0. The molecule has 3 heteroatoms. The van der Waals surface area contributed by atoms with E-state index in [4.69, 9.17) is 20.3 Å². The first-order chi connectivity index (χ1) is 7.90. The minimum absolute atomic E-state index is 0.141. The second-order valence-electron chi connectivity index (χ2n) is 3.84. The van der Waals surface area contributed by atoms with Crippen LogP contribution in [0.3, 0.4) is 0 Å². The van der Waals surface area contributed by atoms with E-state index >= 15 is 0 Å². The minimum atomic E-state index is -0.192. The molecule has 0 radical (unpaired) electrons. The standard InChI is InChI=1S/C13H16O3/c1-2-6-12(11-7-5-10-14-11)16-13-8-3-4-9-15-13/h1,5,7,10,12-13H,3-4,6,8-9H2. The lowest BCUT2D eigenvalue weighted by Crippen LogP contribution is -2.24. The summed E-state index contributed by atoms with van der Waals surface area (Å²) in [5, 5.41) is 0. The third-order valence-electron chi connectivity index (χ3n) is 2.62. The predicted octanol–water partition coefficient (Wildman–Crippen LogP) is 2.89. The van der Waals surface area contributed by atoms with Gasteiger partial charge in [0.25, 0.3) is 0 Å². The molecular weight excluding hydrogens is 204 g/mol. The maximum Gasteiger partial charge on any atom is 0.158 e. The Kier molecular flexibility index (Phi) is 4.03. The molecule has 0 aliphatic carbocycles. The molecule has 2 atom stereocenters. The number of ether oxygens (including phenoxy) is 2. The molecule has 0 N–H and O–H groups in total. The van der Waals surface area contributed by atoms with Crippen LogP contribution in [-0.2, 0) is 9.47 Å². The van der Waals surface area contributed by atoms with Crippen LogP contribution in [0, 0.1) is 12.3 Å². The largest absolute Gasteiger partial charge is 0.467 e. The maximum absolute atomic E-state index is 5.82. The van der Waals surface area contributed by atoms with Gasteiger partial charge in [0.2, 0.25) is 0 Å². The van der Waals surface area contributed by atoms with Gasteiger partial charge in [-0.15, -0.1) is 12.3 Å². The Morgan fingerprint density at radius 2 is 2.50 bits per heavy atom. The summed E-state index contributed by atoms with van der Waals surface area (Å²) in [5.41, 5.74) is 0.